The molecule has 1 aromatic rings. The summed E-state index contributed by atoms with van der Waals surface area (Å²) in [4.78, 5) is 11.4. The molecule has 0 aliphatic carbocycles. The van der Waals surface area contributed by atoms with Crippen LogP contribution in [0.1, 0.15) is 18.9 Å². The lowest BCUT2D eigenvalue weighted by molar-refractivity contribution is -0.113. The maximum atomic E-state index is 11.4. The Kier molecular flexibility index (Phi) is 5.26. The monoisotopic (exact) mass is 223 g/mol. The number of amides is 1. The summed E-state index contributed by atoms with van der Waals surface area (Å²) in [6.45, 7) is 4.15. The topological polar surface area (TPSA) is 29.1 Å². The van der Waals surface area contributed by atoms with Gasteiger partial charge in [-0.1, -0.05) is 24.6 Å². The van der Waals surface area contributed by atoms with Crippen molar-refractivity contribution in [3.8, 4) is 0 Å². The molecule has 0 aliphatic heterocycles. The zero-order valence-corrected chi connectivity index (χ0v) is 10.1. The predicted octanol–water partition coefficient (Wildman–Crippen LogP) is 3.08. The third-order valence-electron chi connectivity index (χ3n) is 1.92. The number of benzene rings is 1. The van der Waals surface area contributed by atoms with E-state index in [4.69, 9.17) is 0 Å². The van der Waals surface area contributed by atoms with Crippen LogP contribution in [0.3, 0.4) is 0 Å². The van der Waals surface area contributed by atoms with Gasteiger partial charge in [-0.25, -0.2) is 0 Å². The Morgan fingerprint density at radius 2 is 2.00 bits per heavy atom. The first-order chi connectivity index (χ1) is 7.22. The molecule has 0 fully saturated rings. The van der Waals surface area contributed by atoms with E-state index in [1.807, 2.05) is 31.2 Å². The standard InChI is InChI=1S/C12H17NOS/c1-3-8-15-9-12(14)13-11-6-4-10(2)5-7-11/h4-7H,3,8-9H2,1-2H3,(H,13,14). The van der Waals surface area contributed by atoms with E-state index in [1.165, 1.54) is 5.56 Å². The van der Waals surface area contributed by atoms with Gasteiger partial charge in [0.15, 0.2) is 0 Å². The van der Waals surface area contributed by atoms with Crippen LogP contribution in [0.2, 0.25) is 0 Å². The second-order valence-electron chi connectivity index (χ2n) is 3.47. The second kappa shape index (κ2) is 6.51. The highest BCUT2D eigenvalue weighted by Crippen LogP contribution is 2.09. The number of aryl methyl sites for hydroxylation is 1. The quantitative estimate of drug-likeness (QED) is 0.777. The van der Waals surface area contributed by atoms with Crippen LogP contribution in [0.15, 0.2) is 24.3 Å². The van der Waals surface area contributed by atoms with E-state index in [0.717, 1.165) is 17.9 Å². The normalized spacial score (nSPS) is 10.0. The Labute approximate surface area is 95.5 Å². The first-order valence-corrected chi connectivity index (χ1v) is 6.32. The van der Waals surface area contributed by atoms with Crippen LogP contribution in [-0.2, 0) is 4.79 Å². The summed E-state index contributed by atoms with van der Waals surface area (Å²) in [6, 6.07) is 7.85. The largest absolute Gasteiger partial charge is 0.325 e. The highest BCUT2D eigenvalue weighted by atomic mass is 32.2. The van der Waals surface area contributed by atoms with E-state index >= 15 is 0 Å². The highest BCUT2D eigenvalue weighted by molar-refractivity contribution is 7.99. The third-order valence-corrected chi connectivity index (χ3v) is 3.08. The van der Waals surface area contributed by atoms with Crippen LogP contribution in [0.4, 0.5) is 5.69 Å². The fraction of sp³-hybridized carbons (Fsp3) is 0.417. The Bertz CT molecular complexity index is 308. The number of hydrogen-bond donors (Lipinski definition) is 1. The number of thioether (sulfide) groups is 1. The molecule has 0 bridgehead atoms. The summed E-state index contributed by atoms with van der Waals surface area (Å²) < 4.78 is 0. The van der Waals surface area contributed by atoms with Gasteiger partial charge in [0.05, 0.1) is 5.75 Å². The van der Waals surface area contributed by atoms with Gasteiger partial charge < -0.3 is 5.32 Å². The third kappa shape index (κ3) is 4.88. The summed E-state index contributed by atoms with van der Waals surface area (Å²) in [6.07, 6.45) is 1.11. The smallest absolute Gasteiger partial charge is 0.234 e. The first-order valence-electron chi connectivity index (χ1n) is 5.16. The van der Waals surface area contributed by atoms with E-state index in [0.29, 0.717) is 5.75 Å². The molecular formula is C12H17NOS. The van der Waals surface area contributed by atoms with Crippen molar-refractivity contribution in [3.05, 3.63) is 29.8 Å². The Morgan fingerprint density at radius 3 is 2.60 bits per heavy atom. The number of rotatable bonds is 5. The van der Waals surface area contributed by atoms with Gasteiger partial charge in [0.2, 0.25) is 5.91 Å². The SMILES string of the molecule is CCCSCC(=O)Nc1ccc(C)cc1. The molecule has 2 nitrogen and oxygen atoms in total. The maximum absolute atomic E-state index is 11.4. The lowest BCUT2D eigenvalue weighted by Crippen LogP contribution is -2.14. The van der Waals surface area contributed by atoms with E-state index < -0.39 is 0 Å². The summed E-state index contributed by atoms with van der Waals surface area (Å²) in [7, 11) is 0. The molecule has 0 spiro atoms. The molecule has 1 N–H and O–H groups in total. The van der Waals surface area contributed by atoms with E-state index in [2.05, 4.69) is 12.2 Å². The number of carbonyl (C=O) groups excluding carboxylic acids is 1. The zero-order chi connectivity index (χ0) is 11.1. The van der Waals surface area contributed by atoms with Crippen molar-refractivity contribution in [2.45, 2.75) is 20.3 Å². The number of nitrogens with one attached hydrogen (secondary N) is 1. The van der Waals surface area contributed by atoms with Crippen LogP contribution >= 0.6 is 11.8 Å². The summed E-state index contributed by atoms with van der Waals surface area (Å²) >= 11 is 1.67. The van der Waals surface area contributed by atoms with Crippen molar-refractivity contribution >= 4 is 23.4 Å². The summed E-state index contributed by atoms with van der Waals surface area (Å²) in [5, 5.41) is 2.87. The lowest BCUT2D eigenvalue weighted by Gasteiger charge is -2.04. The molecule has 82 valence electrons. The highest BCUT2D eigenvalue weighted by Gasteiger charge is 2.01. The van der Waals surface area contributed by atoms with Gasteiger partial charge in [0, 0.05) is 5.69 Å². The van der Waals surface area contributed by atoms with Gasteiger partial charge in [-0.15, -0.1) is 0 Å². The molecule has 15 heavy (non-hydrogen) atoms. The molecule has 1 aromatic carbocycles. The molecule has 1 amide bonds. The van der Waals surface area contributed by atoms with E-state index in [9.17, 15) is 4.79 Å². The van der Waals surface area contributed by atoms with Crippen LogP contribution < -0.4 is 5.32 Å². The van der Waals surface area contributed by atoms with Crippen molar-refractivity contribution in [1.29, 1.82) is 0 Å². The molecular weight excluding hydrogens is 206 g/mol. The van der Waals surface area contributed by atoms with E-state index in [1.54, 1.807) is 11.8 Å². The van der Waals surface area contributed by atoms with Crippen LogP contribution in [0.5, 0.6) is 0 Å². The number of anilines is 1. The summed E-state index contributed by atoms with van der Waals surface area (Å²) in [5.74, 6) is 1.67. The second-order valence-corrected chi connectivity index (χ2v) is 4.57. The minimum absolute atomic E-state index is 0.0808. The number of hydrogen-bond acceptors (Lipinski definition) is 2. The van der Waals surface area contributed by atoms with Crippen LogP contribution in [0.25, 0.3) is 0 Å². The van der Waals surface area contributed by atoms with E-state index in [-0.39, 0.29) is 5.91 Å². The van der Waals surface area contributed by atoms with Crippen molar-refractivity contribution in [2.24, 2.45) is 0 Å². The Hall–Kier alpha value is -0.960. The minimum atomic E-state index is 0.0808. The van der Waals surface area contributed by atoms with Crippen molar-refractivity contribution in [2.75, 3.05) is 16.8 Å². The maximum Gasteiger partial charge on any atom is 0.234 e. The van der Waals surface area contributed by atoms with Crippen molar-refractivity contribution < 1.29 is 4.79 Å². The zero-order valence-electron chi connectivity index (χ0n) is 9.25. The molecule has 1 rings (SSSR count). The Balaban J connectivity index is 2.34. The molecule has 0 atom stereocenters. The van der Waals surface area contributed by atoms with Gasteiger partial charge in [-0.2, -0.15) is 11.8 Å². The lowest BCUT2D eigenvalue weighted by atomic mass is 10.2. The average Bonchev–Trinajstić information content (AvgIpc) is 2.22. The van der Waals surface area contributed by atoms with Crippen molar-refractivity contribution in [1.82, 2.24) is 0 Å². The number of carbonyl (C=O) groups is 1. The molecule has 0 saturated carbocycles. The molecule has 0 saturated heterocycles. The molecule has 0 radical (unpaired) electrons. The molecule has 3 heteroatoms. The predicted molar refractivity (Wildman–Crippen MR) is 67.4 cm³/mol. The van der Waals surface area contributed by atoms with Gasteiger partial charge in [-0.05, 0) is 31.2 Å². The Morgan fingerprint density at radius 1 is 1.33 bits per heavy atom. The van der Waals surface area contributed by atoms with Gasteiger partial charge >= 0.3 is 0 Å². The molecule has 0 aliphatic rings. The van der Waals surface area contributed by atoms with Crippen LogP contribution in [0, 0.1) is 6.92 Å². The van der Waals surface area contributed by atoms with Crippen LogP contribution in [-0.4, -0.2) is 17.4 Å². The van der Waals surface area contributed by atoms with Crippen molar-refractivity contribution in [3.63, 3.8) is 0 Å². The fourth-order valence-corrected chi connectivity index (χ4v) is 1.83. The fourth-order valence-electron chi connectivity index (χ4n) is 1.14. The van der Waals surface area contributed by atoms with Gasteiger partial charge in [0.1, 0.15) is 0 Å². The van der Waals surface area contributed by atoms with Gasteiger partial charge in [0.25, 0.3) is 0 Å². The molecule has 0 aromatic heterocycles. The van der Waals surface area contributed by atoms with Gasteiger partial charge in [-0.3, -0.25) is 4.79 Å². The summed E-state index contributed by atoms with van der Waals surface area (Å²) in [5.41, 5.74) is 2.08. The molecule has 0 heterocycles. The molecule has 0 unspecified atom stereocenters. The minimum Gasteiger partial charge on any atom is -0.325 e. The average molecular weight is 223 g/mol. The first kappa shape index (κ1) is 12.1.